The molecule has 1 aromatic rings. The number of aryl methyl sites for hydroxylation is 1. The van der Waals surface area contributed by atoms with E-state index in [-0.39, 0.29) is 5.82 Å². The standard InChI is InChI=1S/C12H17F/c1-4-9(3)11-7-6-10(5-2)8-12(11)13/h6-9H,4-5H2,1-3H3. The molecule has 1 unspecified atom stereocenters. The van der Waals surface area contributed by atoms with Crippen molar-refractivity contribution in [3.8, 4) is 0 Å². The van der Waals surface area contributed by atoms with Gasteiger partial charge in [-0.2, -0.15) is 0 Å². The van der Waals surface area contributed by atoms with Crippen molar-refractivity contribution in [2.45, 2.75) is 39.5 Å². The zero-order valence-electron chi connectivity index (χ0n) is 8.60. The first-order valence-corrected chi connectivity index (χ1v) is 4.97. The third-order valence-corrected chi connectivity index (χ3v) is 2.62. The van der Waals surface area contributed by atoms with Crippen LogP contribution in [0.15, 0.2) is 18.2 Å². The molecule has 0 N–H and O–H groups in total. The van der Waals surface area contributed by atoms with Gasteiger partial charge in [0.15, 0.2) is 0 Å². The average Bonchev–Trinajstić information content (AvgIpc) is 2.16. The van der Waals surface area contributed by atoms with Crippen LogP contribution in [0.2, 0.25) is 0 Å². The van der Waals surface area contributed by atoms with Gasteiger partial charge in [-0.1, -0.05) is 32.9 Å². The predicted octanol–water partition coefficient (Wildman–Crippen LogP) is 3.90. The molecule has 0 aliphatic rings. The first-order chi connectivity index (χ1) is 6.19. The van der Waals surface area contributed by atoms with Gasteiger partial charge >= 0.3 is 0 Å². The number of halogens is 1. The summed E-state index contributed by atoms with van der Waals surface area (Å²) >= 11 is 0. The fourth-order valence-electron chi connectivity index (χ4n) is 1.41. The van der Waals surface area contributed by atoms with Crippen molar-refractivity contribution in [3.05, 3.63) is 35.1 Å². The molecule has 1 aromatic carbocycles. The fraction of sp³-hybridized carbons (Fsp3) is 0.500. The highest BCUT2D eigenvalue weighted by Crippen LogP contribution is 2.22. The molecular formula is C12H17F. The van der Waals surface area contributed by atoms with Gasteiger partial charge < -0.3 is 0 Å². The fourth-order valence-corrected chi connectivity index (χ4v) is 1.41. The third-order valence-electron chi connectivity index (χ3n) is 2.62. The maximum atomic E-state index is 13.5. The molecule has 0 bridgehead atoms. The highest BCUT2D eigenvalue weighted by Gasteiger charge is 2.08. The monoisotopic (exact) mass is 180 g/mol. The molecule has 0 aliphatic heterocycles. The molecular weight excluding hydrogens is 163 g/mol. The first kappa shape index (κ1) is 10.2. The molecule has 0 heterocycles. The van der Waals surface area contributed by atoms with E-state index in [1.807, 2.05) is 19.1 Å². The number of rotatable bonds is 3. The largest absolute Gasteiger partial charge is 0.207 e. The van der Waals surface area contributed by atoms with Gasteiger partial charge in [-0.25, -0.2) is 4.39 Å². The molecule has 0 spiro atoms. The molecule has 72 valence electrons. The Hall–Kier alpha value is -0.850. The molecule has 13 heavy (non-hydrogen) atoms. The second kappa shape index (κ2) is 4.40. The van der Waals surface area contributed by atoms with Crippen LogP contribution in [0.5, 0.6) is 0 Å². The molecule has 0 nitrogen and oxygen atoms in total. The zero-order chi connectivity index (χ0) is 9.84. The number of hydrogen-bond acceptors (Lipinski definition) is 0. The van der Waals surface area contributed by atoms with Gasteiger partial charge in [0, 0.05) is 0 Å². The van der Waals surface area contributed by atoms with Crippen molar-refractivity contribution in [1.29, 1.82) is 0 Å². The molecule has 0 radical (unpaired) electrons. The minimum Gasteiger partial charge on any atom is -0.207 e. The molecule has 1 heteroatoms. The van der Waals surface area contributed by atoms with Crippen LogP contribution in [0.4, 0.5) is 4.39 Å². The van der Waals surface area contributed by atoms with E-state index in [1.165, 1.54) is 0 Å². The summed E-state index contributed by atoms with van der Waals surface area (Å²) < 4.78 is 13.5. The van der Waals surface area contributed by atoms with Gasteiger partial charge in [-0.15, -0.1) is 0 Å². The van der Waals surface area contributed by atoms with Crippen molar-refractivity contribution in [1.82, 2.24) is 0 Å². The lowest BCUT2D eigenvalue weighted by molar-refractivity contribution is 0.582. The maximum absolute atomic E-state index is 13.5. The van der Waals surface area contributed by atoms with Crippen LogP contribution in [0.1, 0.15) is 44.2 Å². The normalized spacial score (nSPS) is 12.9. The Kier molecular flexibility index (Phi) is 3.47. The van der Waals surface area contributed by atoms with Gasteiger partial charge in [0.1, 0.15) is 5.82 Å². The molecule has 1 atom stereocenters. The minimum absolute atomic E-state index is 0.0475. The molecule has 0 aromatic heterocycles. The molecule has 0 aliphatic carbocycles. The Bertz CT molecular complexity index is 278. The summed E-state index contributed by atoms with van der Waals surface area (Å²) in [6.45, 7) is 6.18. The van der Waals surface area contributed by atoms with Crippen molar-refractivity contribution in [2.24, 2.45) is 0 Å². The smallest absolute Gasteiger partial charge is 0.126 e. The van der Waals surface area contributed by atoms with Crippen LogP contribution >= 0.6 is 0 Å². The van der Waals surface area contributed by atoms with Crippen LogP contribution in [-0.2, 0) is 6.42 Å². The Balaban J connectivity index is 2.98. The zero-order valence-corrected chi connectivity index (χ0v) is 8.60. The van der Waals surface area contributed by atoms with Crippen molar-refractivity contribution >= 4 is 0 Å². The lowest BCUT2D eigenvalue weighted by atomic mass is 9.96. The summed E-state index contributed by atoms with van der Waals surface area (Å²) in [4.78, 5) is 0. The predicted molar refractivity (Wildman–Crippen MR) is 54.5 cm³/mol. The van der Waals surface area contributed by atoms with E-state index in [2.05, 4.69) is 13.8 Å². The second-order valence-corrected chi connectivity index (χ2v) is 3.52. The van der Waals surface area contributed by atoms with Gasteiger partial charge in [0.2, 0.25) is 0 Å². The van der Waals surface area contributed by atoms with E-state index in [0.717, 1.165) is 24.0 Å². The SMILES string of the molecule is CCc1ccc(C(C)CC)c(F)c1. The van der Waals surface area contributed by atoms with E-state index in [4.69, 9.17) is 0 Å². The maximum Gasteiger partial charge on any atom is 0.126 e. The van der Waals surface area contributed by atoms with Crippen LogP contribution in [-0.4, -0.2) is 0 Å². The van der Waals surface area contributed by atoms with Gasteiger partial charge in [-0.3, -0.25) is 0 Å². The second-order valence-electron chi connectivity index (χ2n) is 3.52. The van der Waals surface area contributed by atoms with Crippen LogP contribution in [0, 0.1) is 5.82 Å². The van der Waals surface area contributed by atoms with E-state index >= 15 is 0 Å². The Morgan fingerprint density at radius 1 is 1.31 bits per heavy atom. The summed E-state index contributed by atoms with van der Waals surface area (Å²) in [7, 11) is 0. The van der Waals surface area contributed by atoms with Crippen molar-refractivity contribution in [2.75, 3.05) is 0 Å². The number of hydrogen-bond donors (Lipinski definition) is 0. The molecule has 0 saturated heterocycles. The average molecular weight is 180 g/mol. The summed E-state index contributed by atoms with van der Waals surface area (Å²) in [6, 6.07) is 5.59. The van der Waals surface area contributed by atoms with E-state index in [1.54, 1.807) is 6.07 Å². The summed E-state index contributed by atoms with van der Waals surface area (Å²) in [5.74, 6) is 0.277. The molecule has 0 saturated carbocycles. The van der Waals surface area contributed by atoms with Crippen LogP contribution in [0.3, 0.4) is 0 Å². The highest BCUT2D eigenvalue weighted by atomic mass is 19.1. The third kappa shape index (κ3) is 2.30. The molecule has 0 fully saturated rings. The minimum atomic E-state index is -0.0475. The highest BCUT2D eigenvalue weighted by molar-refractivity contribution is 5.26. The quantitative estimate of drug-likeness (QED) is 0.661. The molecule has 1 rings (SSSR count). The summed E-state index contributed by atoms with van der Waals surface area (Å²) in [5.41, 5.74) is 1.92. The Morgan fingerprint density at radius 3 is 2.46 bits per heavy atom. The van der Waals surface area contributed by atoms with E-state index in [9.17, 15) is 4.39 Å². The van der Waals surface area contributed by atoms with Gasteiger partial charge in [0.05, 0.1) is 0 Å². The summed E-state index contributed by atoms with van der Waals surface area (Å²) in [5, 5.41) is 0. The van der Waals surface area contributed by atoms with E-state index in [0.29, 0.717) is 5.92 Å². The molecule has 0 amide bonds. The van der Waals surface area contributed by atoms with Gasteiger partial charge in [0.25, 0.3) is 0 Å². The van der Waals surface area contributed by atoms with Crippen molar-refractivity contribution in [3.63, 3.8) is 0 Å². The lowest BCUT2D eigenvalue weighted by Gasteiger charge is -2.10. The Labute approximate surface area is 79.8 Å². The first-order valence-electron chi connectivity index (χ1n) is 4.97. The summed E-state index contributed by atoms with van der Waals surface area (Å²) in [6.07, 6.45) is 1.89. The Morgan fingerprint density at radius 2 is 2.00 bits per heavy atom. The topological polar surface area (TPSA) is 0 Å². The number of benzene rings is 1. The van der Waals surface area contributed by atoms with Crippen LogP contribution < -0.4 is 0 Å². The van der Waals surface area contributed by atoms with E-state index < -0.39 is 0 Å². The van der Waals surface area contributed by atoms with Crippen molar-refractivity contribution < 1.29 is 4.39 Å². The van der Waals surface area contributed by atoms with Gasteiger partial charge in [-0.05, 0) is 36.0 Å². The lowest BCUT2D eigenvalue weighted by Crippen LogP contribution is -1.96. The van der Waals surface area contributed by atoms with Crippen LogP contribution in [0.25, 0.3) is 0 Å².